The van der Waals surface area contributed by atoms with E-state index in [0.717, 1.165) is 0 Å². The Morgan fingerprint density at radius 2 is 1.35 bits per heavy atom. The molecule has 0 spiro atoms. The molecular formula is C9H8Cl6N2O3. The highest BCUT2D eigenvalue weighted by Gasteiger charge is 2.40. The van der Waals surface area contributed by atoms with Gasteiger partial charge in [0.2, 0.25) is 0 Å². The molecule has 1 aliphatic rings. The zero-order valence-electron chi connectivity index (χ0n) is 9.42. The fraction of sp³-hybridized carbons (Fsp3) is 0.556. The maximum atomic E-state index is 11.6. The summed E-state index contributed by atoms with van der Waals surface area (Å²) in [5.41, 5.74) is 0. The standard InChI is InChI=1S/C9H8Cl6N2O3/c10-8(11,12)6(19)16-3-1-2-4(18)5(3)17-7(20)9(13,14)15/h1-5,18H,(H,16,19)(H,17,20)/t3-,4?,5+/m1/s1. The lowest BCUT2D eigenvalue weighted by Crippen LogP contribution is -2.56. The first-order chi connectivity index (χ1) is 8.93. The molecule has 20 heavy (non-hydrogen) atoms. The van der Waals surface area contributed by atoms with Crippen LogP contribution in [0.2, 0.25) is 0 Å². The van der Waals surface area contributed by atoms with Gasteiger partial charge in [-0.3, -0.25) is 9.59 Å². The molecule has 0 aromatic heterocycles. The van der Waals surface area contributed by atoms with Crippen molar-refractivity contribution in [3.05, 3.63) is 12.2 Å². The monoisotopic (exact) mass is 402 g/mol. The number of rotatable bonds is 2. The van der Waals surface area contributed by atoms with E-state index in [4.69, 9.17) is 69.6 Å². The van der Waals surface area contributed by atoms with E-state index in [-0.39, 0.29) is 0 Å². The van der Waals surface area contributed by atoms with Gasteiger partial charge in [0, 0.05) is 0 Å². The van der Waals surface area contributed by atoms with Gasteiger partial charge in [-0.05, 0) is 0 Å². The third-order valence-electron chi connectivity index (χ3n) is 2.38. The molecule has 1 rings (SSSR count). The van der Waals surface area contributed by atoms with Crippen molar-refractivity contribution >= 4 is 81.4 Å². The predicted octanol–water partition coefficient (Wildman–Crippen LogP) is 1.63. The summed E-state index contributed by atoms with van der Waals surface area (Å²) in [5, 5.41) is 14.3. The highest BCUT2D eigenvalue weighted by molar-refractivity contribution is 6.76. The Kier molecular flexibility index (Phi) is 6.13. The number of carbonyl (C=O) groups is 2. The van der Waals surface area contributed by atoms with Crippen LogP contribution in [0.15, 0.2) is 12.2 Å². The Labute approximate surface area is 144 Å². The molecule has 1 aliphatic carbocycles. The van der Waals surface area contributed by atoms with Crippen LogP contribution in [0.4, 0.5) is 0 Å². The number of nitrogens with one attached hydrogen (secondary N) is 2. The highest BCUT2D eigenvalue weighted by atomic mass is 35.6. The van der Waals surface area contributed by atoms with E-state index in [9.17, 15) is 14.7 Å². The maximum absolute atomic E-state index is 11.6. The minimum atomic E-state index is -2.20. The van der Waals surface area contributed by atoms with Crippen molar-refractivity contribution in [1.82, 2.24) is 10.6 Å². The van der Waals surface area contributed by atoms with Crippen molar-refractivity contribution < 1.29 is 14.7 Å². The molecule has 3 N–H and O–H groups in total. The number of hydrogen-bond donors (Lipinski definition) is 3. The van der Waals surface area contributed by atoms with Crippen LogP contribution in [0.25, 0.3) is 0 Å². The minimum Gasteiger partial charge on any atom is -0.387 e. The quantitative estimate of drug-likeness (QED) is 0.483. The Hall–Kier alpha value is 0.380. The van der Waals surface area contributed by atoms with Crippen molar-refractivity contribution in [2.45, 2.75) is 25.8 Å². The molecule has 0 saturated heterocycles. The number of carbonyl (C=O) groups excluding carboxylic acids is 2. The maximum Gasteiger partial charge on any atom is 0.272 e. The first-order valence-electron chi connectivity index (χ1n) is 5.04. The fourth-order valence-electron chi connectivity index (χ4n) is 1.46. The van der Waals surface area contributed by atoms with Gasteiger partial charge in [0.25, 0.3) is 19.4 Å². The summed E-state index contributed by atoms with van der Waals surface area (Å²) >= 11 is 32.4. The van der Waals surface area contributed by atoms with Crippen LogP contribution in [0.5, 0.6) is 0 Å². The number of halogens is 6. The third-order valence-corrected chi connectivity index (χ3v) is 3.41. The number of hydrogen-bond acceptors (Lipinski definition) is 3. The second kappa shape index (κ2) is 6.65. The topological polar surface area (TPSA) is 78.4 Å². The molecule has 0 saturated carbocycles. The fourth-order valence-corrected chi connectivity index (χ4v) is 1.79. The molecule has 0 fully saturated rings. The van der Waals surface area contributed by atoms with E-state index in [0.29, 0.717) is 0 Å². The van der Waals surface area contributed by atoms with Crippen molar-refractivity contribution in [2.75, 3.05) is 0 Å². The van der Waals surface area contributed by atoms with Gasteiger partial charge in [0.05, 0.1) is 18.2 Å². The zero-order valence-corrected chi connectivity index (χ0v) is 14.0. The van der Waals surface area contributed by atoms with Crippen LogP contribution >= 0.6 is 69.6 Å². The molecule has 5 nitrogen and oxygen atoms in total. The van der Waals surface area contributed by atoms with Crippen molar-refractivity contribution in [3.63, 3.8) is 0 Å². The van der Waals surface area contributed by atoms with E-state index >= 15 is 0 Å². The van der Waals surface area contributed by atoms with Crippen LogP contribution < -0.4 is 10.6 Å². The van der Waals surface area contributed by atoms with E-state index in [2.05, 4.69) is 10.6 Å². The summed E-state index contributed by atoms with van der Waals surface area (Å²) in [6.45, 7) is 0. The molecular weight excluding hydrogens is 397 g/mol. The minimum absolute atomic E-state index is 0.815. The van der Waals surface area contributed by atoms with E-state index in [1.54, 1.807) is 0 Å². The number of amides is 2. The summed E-state index contributed by atoms with van der Waals surface area (Å²) in [6.07, 6.45) is 1.67. The summed E-state index contributed by atoms with van der Waals surface area (Å²) in [7, 11) is 0. The lowest BCUT2D eigenvalue weighted by atomic mass is 10.1. The van der Waals surface area contributed by atoms with Crippen LogP contribution in [0, 0.1) is 0 Å². The smallest absolute Gasteiger partial charge is 0.272 e. The molecule has 2 amide bonds. The van der Waals surface area contributed by atoms with E-state index in [1.807, 2.05) is 0 Å². The first kappa shape index (κ1) is 18.4. The summed E-state index contributed by atoms with van der Waals surface area (Å²) in [5.74, 6) is -1.87. The second-order valence-electron chi connectivity index (χ2n) is 3.87. The third kappa shape index (κ3) is 4.98. The number of alkyl halides is 6. The van der Waals surface area contributed by atoms with E-state index < -0.39 is 37.6 Å². The summed E-state index contributed by atoms with van der Waals surface area (Å²) in [4.78, 5) is 23.1. The predicted molar refractivity (Wildman–Crippen MR) is 79.6 cm³/mol. The Balaban J connectivity index is 2.74. The molecule has 3 atom stereocenters. The van der Waals surface area contributed by atoms with Gasteiger partial charge in [-0.15, -0.1) is 0 Å². The first-order valence-corrected chi connectivity index (χ1v) is 7.31. The Morgan fingerprint density at radius 3 is 1.80 bits per heavy atom. The van der Waals surface area contributed by atoms with Crippen LogP contribution in [0.1, 0.15) is 0 Å². The zero-order chi connectivity index (χ0) is 15.7. The lowest BCUT2D eigenvalue weighted by Gasteiger charge is -2.26. The normalized spacial score (nSPS) is 26.4. The van der Waals surface area contributed by atoms with Crippen molar-refractivity contribution in [2.24, 2.45) is 0 Å². The molecule has 114 valence electrons. The molecule has 0 aromatic carbocycles. The molecule has 0 heterocycles. The van der Waals surface area contributed by atoms with Gasteiger partial charge in [-0.1, -0.05) is 81.8 Å². The van der Waals surface area contributed by atoms with Gasteiger partial charge in [0.15, 0.2) is 0 Å². The molecule has 0 radical (unpaired) electrons. The van der Waals surface area contributed by atoms with Crippen molar-refractivity contribution in [1.29, 1.82) is 0 Å². The van der Waals surface area contributed by atoms with Gasteiger partial charge in [-0.2, -0.15) is 0 Å². The average Bonchev–Trinajstić information content (AvgIpc) is 2.58. The molecule has 0 aromatic rings. The van der Waals surface area contributed by atoms with Gasteiger partial charge in [0.1, 0.15) is 0 Å². The Bertz CT molecular complexity index is 430. The molecule has 0 aliphatic heterocycles. The SMILES string of the molecule is O=C(N[C@@H]1C(O)C=C[C@H]1NC(=O)C(Cl)(Cl)Cl)C(Cl)(Cl)Cl. The molecule has 0 bridgehead atoms. The molecule has 1 unspecified atom stereocenters. The van der Waals surface area contributed by atoms with E-state index in [1.165, 1.54) is 12.2 Å². The van der Waals surface area contributed by atoms with Crippen LogP contribution in [-0.4, -0.2) is 42.7 Å². The average molecular weight is 405 g/mol. The van der Waals surface area contributed by atoms with Crippen molar-refractivity contribution in [3.8, 4) is 0 Å². The number of aliphatic hydroxyl groups is 1. The van der Waals surface area contributed by atoms with Gasteiger partial charge < -0.3 is 15.7 Å². The summed E-state index contributed by atoms with van der Waals surface area (Å²) < 4.78 is -4.38. The number of aliphatic hydroxyl groups excluding tert-OH is 1. The van der Waals surface area contributed by atoms with Crippen LogP contribution in [-0.2, 0) is 9.59 Å². The lowest BCUT2D eigenvalue weighted by molar-refractivity contribution is -0.123. The highest BCUT2D eigenvalue weighted by Crippen LogP contribution is 2.28. The van der Waals surface area contributed by atoms with Gasteiger partial charge >= 0.3 is 0 Å². The molecule has 11 heteroatoms. The summed E-state index contributed by atoms with van der Waals surface area (Å²) in [6, 6.07) is -1.76. The second-order valence-corrected chi connectivity index (χ2v) is 8.43. The largest absolute Gasteiger partial charge is 0.387 e. The Morgan fingerprint density at radius 1 is 0.900 bits per heavy atom. The van der Waals surface area contributed by atoms with Gasteiger partial charge in [-0.25, -0.2) is 0 Å². The van der Waals surface area contributed by atoms with Crippen LogP contribution in [0.3, 0.4) is 0 Å².